The normalized spacial score (nSPS) is 12.4. The summed E-state index contributed by atoms with van der Waals surface area (Å²) in [5.41, 5.74) is 6.28. The Kier molecular flexibility index (Phi) is 5.40. The van der Waals surface area contributed by atoms with Crippen LogP contribution in [0.1, 0.15) is 5.56 Å². The summed E-state index contributed by atoms with van der Waals surface area (Å²) in [6.07, 6.45) is 0.303. The van der Waals surface area contributed by atoms with E-state index < -0.39 is 11.6 Å². The smallest absolute Gasteiger partial charge is 0.126 e. The molecule has 0 spiro atoms. The summed E-state index contributed by atoms with van der Waals surface area (Å²) in [6, 6.07) is 10.6. The second kappa shape index (κ2) is 7.07. The van der Waals surface area contributed by atoms with Crippen LogP contribution in [0.15, 0.2) is 47.4 Å². The van der Waals surface area contributed by atoms with Gasteiger partial charge in [0.1, 0.15) is 11.6 Å². The molecule has 1 atom stereocenters. The molecule has 0 amide bonds. The maximum Gasteiger partial charge on any atom is 0.126 e. The van der Waals surface area contributed by atoms with Crippen molar-refractivity contribution in [2.24, 2.45) is 5.73 Å². The second-order valence-corrected chi connectivity index (χ2v) is 6.00. The largest absolute Gasteiger partial charge is 0.327 e. The topological polar surface area (TPSA) is 26.0 Å². The summed E-state index contributed by atoms with van der Waals surface area (Å²) in [5, 5.41) is 0.666. The van der Waals surface area contributed by atoms with Gasteiger partial charge in [-0.3, -0.25) is 0 Å². The molecule has 0 aliphatic rings. The molecule has 106 valence electrons. The number of rotatable bonds is 5. The van der Waals surface area contributed by atoms with E-state index in [0.717, 1.165) is 17.0 Å². The van der Waals surface area contributed by atoms with Crippen LogP contribution in [0.4, 0.5) is 8.78 Å². The zero-order valence-corrected chi connectivity index (χ0v) is 12.2. The van der Waals surface area contributed by atoms with Crippen molar-refractivity contribution in [3.8, 4) is 0 Å². The van der Waals surface area contributed by atoms with Gasteiger partial charge in [0.2, 0.25) is 0 Å². The number of hydrogen-bond acceptors (Lipinski definition) is 2. The molecule has 0 radical (unpaired) electrons. The predicted molar refractivity (Wildman–Crippen MR) is 80.2 cm³/mol. The van der Waals surface area contributed by atoms with Crippen LogP contribution in [0.25, 0.3) is 0 Å². The van der Waals surface area contributed by atoms with E-state index in [1.807, 2.05) is 18.2 Å². The molecule has 0 fully saturated rings. The number of hydrogen-bond donors (Lipinski definition) is 1. The lowest BCUT2D eigenvalue weighted by Crippen LogP contribution is -2.26. The minimum atomic E-state index is -0.448. The van der Waals surface area contributed by atoms with Crippen molar-refractivity contribution >= 4 is 23.4 Å². The zero-order valence-electron chi connectivity index (χ0n) is 10.7. The first-order valence-electron chi connectivity index (χ1n) is 6.12. The highest BCUT2D eigenvalue weighted by Crippen LogP contribution is 2.23. The third-order valence-corrected chi connectivity index (χ3v) is 4.17. The Balaban J connectivity index is 1.92. The molecule has 2 aromatic rings. The monoisotopic (exact) mass is 313 g/mol. The lowest BCUT2D eigenvalue weighted by Gasteiger charge is -2.12. The van der Waals surface area contributed by atoms with Gasteiger partial charge < -0.3 is 5.73 Å². The van der Waals surface area contributed by atoms with Gasteiger partial charge in [0.25, 0.3) is 0 Å². The maximum absolute atomic E-state index is 13.5. The Morgan fingerprint density at radius 2 is 1.95 bits per heavy atom. The number of halogens is 3. The van der Waals surface area contributed by atoms with Gasteiger partial charge in [-0.25, -0.2) is 8.78 Å². The van der Waals surface area contributed by atoms with Crippen molar-refractivity contribution in [2.75, 3.05) is 5.75 Å². The van der Waals surface area contributed by atoms with Crippen molar-refractivity contribution in [3.63, 3.8) is 0 Å². The van der Waals surface area contributed by atoms with Gasteiger partial charge in [-0.1, -0.05) is 17.7 Å². The van der Waals surface area contributed by atoms with Crippen LogP contribution < -0.4 is 5.73 Å². The van der Waals surface area contributed by atoms with Crippen LogP contribution in [0.2, 0.25) is 5.02 Å². The van der Waals surface area contributed by atoms with Crippen LogP contribution >= 0.6 is 23.4 Å². The average Bonchev–Trinajstić information content (AvgIpc) is 2.41. The molecule has 2 aromatic carbocycles. The molecule has 1 unspecified atom stereocenters. The van der Waals surface area contributed by atoms with Crippen LogP contribution in [0.5, 0.6) is 0 Å². The number of thioether (sulfide) groups is 1. The Labute approximate surface area is 126 Å². The van der Waals surface area contributed by atoms with Gasteiger partial charge >= 0.3 is 0 Å². The molecular weight excluding hydrogens is 300 g/mol. The molecular formula is C15H14ClF2NS. The lowest BCUT2D eigenvalue weighted by molar-refractivity contribution is 0.576. The van der Waals surface area contributed by atoms with Crippen molar-refractivity contribution in [3.05, 3.63) is 64.7 Å². The molecule has 20 heavy (non-hydrogen) atoms. The van der Waals surface area contributed by atoms with E-state index >= 15 is 0 Å². The first-order valence-corrected chi connectivity index (χ1v) is 7.49. The summed E-state index contributed by atoms with van der Waals surface area (Å²) in [6.45, 7) is 0. The van der Waals surface area contributed by atoms with E-state index in [1.165, 1.54) is 6.07 Å². The molecule has 2 rings (SSSR count). The summed E-state index contributed by atoms with van der Waals surface area (Å²) in [4.78, 5) is 1.01. The number of benzene rings is 2. The molecule has 0 saturated carbocycles. The van der Waals surface area contributed by atoms with Crippen molar-refractivity contribution in [1.82, 2.24) is 0 Å². The first kappa shape index (κ1) is 15.3. The van der Waals surface area contributed by atoms with Gasteiger partial charge in [-0.15, -0.1) is 11.8 Å². The Bertz CT molecular complexity index is 592. The maximum atomic E-state index is 13.5. The van der Waals surface area contributed by atoms with E-state index in [9.17, 15) is 8.78 Å². The van der Waals surface area contributed by atoms with Crippen LogP contribution in [-0.2, 0) is 6.42 Å². The quantitative estimate of drug-likeness (QED) is 0.834. The van der Waals surface area contributed by atoms with Gasteiger partial charge in [0.15, 0.2) is 0 Å². The fraction of sp³-hybridized carbons (Fsp3) is 0.200. The SMILES string of the molecule is NC(CSc1cccc(Cl)c1)Cc1cc(F)ccc1F. The predicted octanol–water partition coefficient (Wildman–Crippen LogP) is 4.28. The minimum Gasteiger partial charge on any atom is -0.327 e. The van der Waals surface area contributed by atoms with Crippen molar-refractivity contribution < 1.29 is 8.78 Å². The van der Waals surface area contributed by atoms with Crippen molar-refractivity contribution in [1.29, 1.82) is 0 Å². The van der Waals surface area contributed by atoms with E-state index in [4.69, 9.17) is 17.3 Å². The van der Waals surface area contributed by atoms with Gasteiger partial charge in [0, 0.05) is 21.7 Å². The summed E-state index contributed by atoms with van der Waals surface area (Å²) < 4.78 is 26.6. The lowest BCUT2D eigenvalue weighted by atomic mass is 10.1. The molecule has 0 bridgehead atoms. The van der Waals surface area contributed by atoms with E-state index in [1.54, 1.807) is 17.8 Å². The molecule has 0 heterocycles. The summed E-state index contributed by atoms with van der Waals surface area (Å²) in [5.74, 6) is -0.262. The third kappa shape index (κ3) is 4.47. The summed E-state index contributed by atoms with van der Waals surface area (Å²) in [7, 11) is 0. The van der Waals surface area contributed by atoms with Gasteiger partial charge in [0.05, 0.1) is 0 Å². The van der Waals surface area contributed by atoms with Crippen LogP contribution in [-0.4, -0.2) is 11.8 Å². The molecule has 0 saturated heterocycles. The standard InChI is InChI=1S/C15H14ClF2NS/c16-11-2-1-3-14(8-11)20-9-13(19)7-10-6-12(17)4-5-15(10)18/h1-6,8,13H,7,9,19H2. The highest BCUT2D eigenvalue weighted by molar-refractivity contribution is 7.99. The molecule has 0 aliphatic carbocycles. The molecule has 0 aliphatic heterocycles. The number of nitrogens with two attached hydrogens (primary N) is 1. The van der Waals surface area contributed by atoms with Crippen LogP contribution in [0.3, 0.4) is 0 Å². The van der Waals surface area contributed by atoms with Crippen LogP contribution in [0, 0.1) is 11.6 Å². The second-order valence-electron chi connectivity index (χ2n) is 4.47. The van der Waals surface area contributed by atoms with E-state index in [0.29, 0.717) is 22.8 Å². The highest BCUT2D eigenvalue weighted by Gasteiger charge is 2.10. The third-order valence-electron chi connectivity index (χ3n) is 2.75. The van der Waals surface area contributed by atoms with E-state index in [-0.39, 0.29) is 6.04 Å². The zero-order chi connectivity index (χ0) is 14.5. The Morgan fingerprint density at radius 1 is 1.15 bits per heavy atom. The fourth-order valence-corrected chi connectivity index (χ4v) is 2.97. The fourth-order valence-electron chi connectivity index (χ4n) is 1.80. The molecule has 0 aromatic heterocycles. The summed E-state index contributed by atoms with van der Waals surface area (Å²) >= 11 is 7.44. The molecule has 2 N–H and O–H groups in total. The molecule has 5 heteroatoms. The van der Waals surface area contributed by atoms with Crippen molar-refractivity contribution in [2.45, 2.75) is 17.4 Å². The van der Waals surface area contributed by atoms with Gasteiger partial charge in [-0.05, 0) is 48.4 Å². The average molecular weight is 314 g/mol. The Hall–Kier alpha value is -1.10. The first-order chi connectivity index (χ1) is 9.54. The Morgan fingerprint density at radius 3 is 2.70 bits per heavy atom. The van der Waals surface area contributed by atoms with Gasteiger partial charge in [-0.2, -0.15) is 0 Å². The minimum absolute atomic E-state index is 0.254. The van der Waals surface area contributed by atoms with E-state index in [2.05, 4.69) is 0 Å². The highest BCUT2D eigenvalue weighted by atomic mass is 35.5. The molecule has 1 nitrogen and oxygen atoms in total.